The molecular formula is C30H25ClO5P+. The molecule has 0 aliphatic rings. The SMILES string of the molecule is CCOC(=O)C(Cl)(C(=O)c1ccccc1C(=O)O)[P+](c1ccccc1)(c1ccccc1)c1ccccc1. The third kappa shape index (κ3) is 4.46. The number of hydrogen-bond acceptors (Lipinski definition) is 4. The molecule has 0 amide bonds. The maximum absolute atomic E-state index is 14.6. The smallest absolute Gasteiger partial charge is 0.375 e. The number of carbonyl (C=O) groups is 3. The largest absolute Gasteiger partial charge is 0.478 e. The van der Waals surface area contributed by atoms with Crippen molar-refractivity contribution in [3.8, 4) is 0 Å². The van der Waals surface area contributed by atoms with Gasteiger partial charge in [0.1, 0.15) is 15.9 Å². The van der Waals surface area contributed by atoms with Crippen molar-refractivity contribution in [2.45, 2.75) is 11.5 Å². The Hall–Kier alpha value is -3.79. The Morgan fingerprint density at radius 1 is 0.703 bits per heavy atom. The molecule has 0 spiro atoms. The highest BCUT2D eigenvalue weighted by molar-refractivity contribution is 7.99. The predicted molar refractivity (Wildman–Crippen MR) is 148 cm³/mol. The Balaban J connectivity index is 2.20. The maximum Gasteiger partial charge on any atom is 0.375 e. The van der Waals surface area contributed by atoms with Crippen molar-refractivity contribution in [1.29, 1.82) is 0 Å². The third-order valence-electron chi connectivity index (χ3n) is 6.14. The molecule has 7 heteroatoms. The van der Waals surface area contributed by atoms with E-state index in [1.165, 1.54) is 18.2 Å². The van der Waals surface area contributed by atoms with Crippen molar-refractivity contribution in [2.75, 3.05) is 6.61 Å². The second kappa shape index (κ2) is 11.1. The van der Waals surface area contributed by atoms with Crippen molar-refractivity contribution in [3.05, 3.63) is 126 Å². The normalized spacial score (nSPS) is 12.8. The zero-order valence-corrected chi connectivity index (χ0v) is 21.7. The minimum absolute atomic E-state index is 0.0144. The third-order valence-corrected chi connectivity index (χ3v) is 11.8. The van der Waals surface area contributed by atoms with Gasteiger partial charge in [0.2, 0.25) is 5.78 Å². The van der Waals surface area contributed by atoms with Crippen LogP contribution in [0.15, 0.2) is 115 Å². The number of ketones is 1. The molecule has 0 aliphatic heterocycles. The summed E-state index contributed by atoms with van der Waals surface area (Å²) in [5.74, 6) is -3.04. The molecule has 4 aromatic carbocycles. The fourth-order valence-corrected chi connectivity index (χ4v) is 10.2. The van der Waals surface area contributed by atoms with Crippen LogP contribution >= 0.6 is 18.9 Å². The van der Waals surface area contributed by atoms with Crippen LogP contribution in [0, 0.1) is 0 Å². The van der Waals surface area contributed by atoms with Crippen LogP contribution in [0.1, 0.15) is 27.6 Å². The van der Waals surface area contributed by atoms with Gasteiger partial charge in [0.05, 0.1) is 12.2 Å². The van der Waals surface area contributed by atoms with Gasteiger partial charge in [-0.25, -0.2) is 9.59 Å². The van der Waals surface area contributed by atoms with Crippen molar-refractivity contribution in [3.63, 3.8) is 0 Å². The zero-order valence-electron chi connectivity index (χ0n) is 20.1. The van der Waals surface area contributed by atoms with Gasteiger partial charge >= 0.3 is 16.6 Å². The number of carboxylic acids is 1. The van der Waals surface area contributed by atoms with E-state index in [0.29, 0.717) is 15.9 Å². The summed E-state index contributed by atoms with van der Waals surface area (Å²) in [5.41, 5.74) is -0.403. The molecule has 5 nitrogen and oxygen atoms in total. The fraction of sp³-hybridized carbons (Fsp3) is 0.100. The molecule has 0 heterocycles. The van der Waals surface area contributed by atoms with Crippen LogP contribution in [-0.2, 0) is 9.53 Å². The summed E-state index contributed by atoms with van der Waals surface area (Å²) in [4.78, 5) is 40.7. The molecule has 0 aromatic heterocycles. The van der Waals surface area contributed by atoms with Crippen LogP contribution in [0.3, 0.4) is 0 Å². The van der Waals surface area contributed by atoms with Crippen molar-refractivity contribution < 1.29 is 24.2 Å². The highest BCUT2D eigenvalue weighted by Crippen LogP contribution is 2.69. The number of esters is 1. The van der Waals surface area contributed by atoms with Crippen molar-refractivity contribution in [2.24, 2.45) is 0 Å². The average Bonchev–Trinajstić information content (AvgIpc) is 2.94. The number of hydrogen-bond donors (Lipinski definition) is 1. The monoisotopic (exact) mass is 531 g/mol. The van der Waals surface area contributed by atoms with Gasteiger partial charge in [-0.1, -0.05) is 84.4 Å². The van der Waals surface area contributed by atoms with E-state index in [0.717, 1.165) is 0 Å². The molecule has 186 valence electrons. The first-order valence-electron chi connectivity index (χ1n) is 11.7. The Kier molecular flexibility index (Phi) is 7.87. The molecule has 0 fully saturated rings. The number of carboxylic acid groups (broad SMARTS) is 1. The fourth-order valence-electron chi connectivity index (χ4n) is 4.59. The van der Waals surface area contributed by atoms with Crippen LogP contribution in [-0.4, -0.2) is 34.1 Å². The molecule has 37 heavy (non-hydrogen) atoms. The molecule has 0 saturated carbocycles. The highest BCUT2D eigenvalue weighted by atomic mass is 35.5. The van der Waals surface area contributed by atoms with E-state index in [1.54, 1.807) is 13.0 Å². The molecule has 0 aliphatic carbocycles. The summed E-state index contributed by atoms with van der Waals surface area (Å²) in [6.45, 7) is 1.62. The summed E-state index contributed by atoms with van der Waals surface area (Å²) < 4.78 is 3.20. The Morgan fingerprint density at radius 2 is 1.08 bits per heavy atom. The van der Waals surface area contributed by atoms with E-state index in [4.69, 9.17) is 16.3 Å². The van der Waals surface area contributed by atoms with Crippen molar-refractivity contribution in [1.82, 2.24) is 0 Å². The second-order valence-electron chi connectivity index (χ2n) is 8.20. The summed E-state index contributed by atoms with van der Waals surface area (Å²) in [5, 5.41) is 11.9. The van der Waals surface area contributed by atoms with E-state index in [1.807, 2.05) is 91.0 Å². The molecule has 1 N–H and O–H groups in total. The molecular weight excluding hydrogens is 507 g/mol. The Bertz CT molecular complexity index is 1310. The Morgan fingerprint density at radius 3 is 1.46 bits per heavy atom. The average molecular weight is 532 g/mol. The first kappa shape index (κ1) is 26.3. The molecule has 0 saturated heterocycles. The summed E-state index contributed by atoms with van der Waals surface area (Å²) in [7, 11) is -3.38. The second-order valence-corrected chi connectivity index (χ2v) is 12.6. The van der Waals surface area contributed by atoms with E-state index in [9.17, 15) is 19.5 Å². The van der Waals surface area contributed by atoms with Gasteiger partial charge in [-0.05, 0) is 49.4 Å². The number of benzene rings is 4. The number of ether oxygens (including phenoxy) is 1. The van der Waals surface area contributed by atoms with E-state index >= 15 is 0 Å². The van der Waals surface area contributed by atoms with Gasteiger partial charge in [-0.3, -0.25) is 4.79 Å². The van der Waals surface area contributed by atoms with Gasteiger partial charge in [-0.2, -0.15) is 0 Å². The lowest BCUT2D eigenvalue weighted by molar-refractivity contribution is -0.142. The predicted octanol–water partition coefficient (Wildman–Crippen LogP) is 5.06. The number of rotatable bonds is 9. The minimum Gasteiger partial charge on any atom is -0.478 e. The molecule has 1 atom stereocenters. The number of aromatic carboxylic acids is 1. The number of Topliss-reactive ketones (excluding diaryl/α,β-unsaturated/α-hetero) is 1. The standard InChI is InChI=1S/C30H24ClO5P/c1-2-36-29(35)30(31,27(32)25-20-12-13-21-26(25)28(33)34)37(22-14-6-3-7-15-22,23-16-8-4-9-17-23)24-18-10-5-11-19-24/h3-21H,2H2,1H3/p+1. The van der Waals surface area contributed by atoms with Crippen LogP contribution in [0.2, 0.25) is 0 Å². The van der Waals surface area contributed by atoms with E-state index in [2.05, 4.69) is 0 Å². The van der Waals surface area contributed by atoms with Crippen molar-refractivity contribution >= 4 is 52.5 Å². The van der Waals surface area contributed by atoms with Gasteiger partial charge < -0.3 is 9.84 Å². The highest BCUT2D eigenvalue weighted by Gasteiger charge is 2.72. The van der Waals surface area contributed by atoms with E-state index in [-0.39, 0.29) is 17.7 Å². The molecule has 4 aromatic rings. The van der Waals surface area contributed by atoms with Gasteiger partial charge in [0, 0.05) is 5.56 Å². The first-order valence-corrected chi connectivity index (χ1v) is 13.8. The lowest BCUT2D eigenvalue weighted by Crippen LogP contribution is -2.54. The van der Waals surface area contributed by atoms with Crippen LogP contribution in [0.4, 0.5) is 0 Å². The Labute approximate surface area is 221 Å². The van der Waals surface area contributed by atoms with Crippen LogP contribution < -0.4 is 15.9 Å². The number of halogens is 1. The summed E-state index contributed by atoms with van der Waals surface area (Å²) in [6.07, 6.45) is 0. The van der Waals surface area contributed by atoms with Gasteiger partial charge in [0.25, 0.3) is 0 Å². The number of alkyl halides is 1. The van der Waals surface area contributed by atoms with E-state index < -0.39 is 29.6 Å². The molecule has 1 unspecified atom stereocenters. The molecule has 0 radical (unpaired) electrons. The maximum atomic E-state index is 14.6. The van der Waals surface area contributed by atoms with Crippen LogP contribution in [0.5, 0.6) is 0 Å². The van der Waals surface area contributed by atoms with Crippen LogP contribution in [0.25, 0.3) is 0 Å². The lowest BCUT2D eigenvalue weighted by atomic mass is 10.0. The molecule has 4 rings (SSSR count). The van der Waals surface area contributed by atoms with Gasteiger partial charge in [-0.15, -0.1) is 0 Å². The zero-order chi connectivity index (χ0) is 26.5. The first-order chi connectivity index (χ1) is 17.9. The lowest BCUT2D eigenvalue weighted by Gasteiger charge is -2.37. The molecule has 0 bridgehead atoms. The minimum atomic E-state index is -3.38. The summed E-state index contributed by atoms with van der Waals surface area (Å²) >= 11 is 7.49. The van der Waals surface area contributed by atoms with Gasteiger partial charge in [0.15, 0.2) is 7.26 Å². The quantitative estimate of drug-likeness (QED) is 0.107. The summed E-state index contributed by atoms with van der Waals surface area (Å²) in [6, 6.07) is 33.4. The number of carbonyl (C=O) groups excluding carboxylic acids is 2. The topological polar surface area (TPSA) is 80.7 Å².